The number of rotatable bonds is 2. The van der Waals surface area contributed by atoms with Crippen LogP contribution < -0.4 is 5.73 Å². The molecule has 18 heavy (non-hydrogen) atoms. The summed E-state index contributed by atoms with van der Waals surface area (Å²) in [4.78, 5) is 18.0. The van der Waals surface area contributed by atoms with Crippen molar-refractivity contribution in [2.24, 2.45) is 11.7 Å². The molecule has 0 unspecified atom stereocenters. The van der Waals surface area contributed by atoms with Gasteiger partial charge in [-0.3, -0.25) is 4.79 Å². The van der Waals surface area contributed by atoms with Crippen molar-refractivity contribution in [1.82, 2.24) is 9.88 Å². The van der Waals surface area contributed by atoms with Crippen molar-refractivity contribution in [3.63, 3.8) is 0 Å². The van der Waals surface area contributed by atoms with Crippen molar-refractivity contribution in [1.29, 1.82) is 5.26 Å². The van der Waals surface area contributed by atoms with Gasteiger partial charge in [-0.15, -0.1) is 0 Å². The highest BCUT2D eigenvalue weighted by Gasteiger charge is 2.23. The zero-order chi connectivity index (χ0) is 13.0. The summed E-state index contributed by atoms with van der Waals surface area (Å²) in [7, 11) is 0. The number of nitrogens with two attached hydrogens (primary N) is 1. The largest absolute Gasteiger partial charge is 0.337 e. The fourth-order valence-corrected chi connectivity index (χ4v) is 2.12. The highest BCUT2D eigenvalue weighted by Crippen LogP contribution is 2.17. The van der Waals surface area contributed by atoms with Crippen molar-refractivity contribution >= 4 is 5.91 Å². The van der Waals surface area contributed by atoms with E-state index in [0.717, 1.165) is 25.9 Å². The minimum Gasteiger partial charge on any atom is -0.337 e. The van der Waals surface area contributed by atoms with Crippen LogP contribution >= 0.6 is 0 Å². The van der Waals surface area contributed by atoms with Crippen molar-refractivity contribution in [3.8, 4) is 6.07 Å². The molecule has 0 saturated carbocycles. The molecular weight excluding hydrogens is 228 g/mol. The summed E-state index contributed by atoms with van der Waals surface area (Å²) in [6.07, 6.45) is 3.34. The normalized spacial score (nSPS) is 16.3. The average molecular weight is 244 g/mol. The summed E-state index contributed by atoms with van der Waals surface area (Å²) in [6.45, 7) is 2.17. The van der Waals surface area contributed by atoms with Crippen LogP contribution in [0.3, 0.4) is 0 Å². The van der Waals surface area contributed by atoms with E-state index >= 15 is 0 Å². The molecule has 94 valence electrons. The Morgan fingerprint density at radius 1 is 1.50 bits per heavy atom. The third kappa shape index (κ3) is 2.66. The molecule has 1 saturated heterocycles. The van der Waals surface area contributed by atoms with E-state index in [4.69, 9.17) is 11.0 Å². The number of pyridine rings is 1. The predicted molar refractivity (Wildman–Crippen MR) is 66.6 cm³/mol. The number of carbonyl (C=O) groups is 1. The number of nitriles is 1. The second-order valence-electron chi connectivity index (χ2n) is 4.52. The van der Waals surface area contributed by atoms with E-state index in [1.807, 2.05) is 6.07 Å². The molecule has 2 heterocycles. The number of carbonyl (C=O) groups excluding carboxylic acids is 1. The van der Waals surface area contributed by atoms with Gasteiger partial charge in [-0.2, -0.15) is 5.26 Å². The maximum Gasteiger partial charge on any atom is 0.272 e. The summed E-state index contributed by atoms with van der Waals surface area (Å²) in [5.41, 5.74) is 6.49. The predicted octanol–water partition coefficient (Wildman–Crippen LogP) is 0.764. The molecule has 1 aliphatic heterocycles. The van der Waals surface area contributed by atoms with Crippen LogP contribution in [0.15, 0.2) is 18.3 Å². The number of amides is 1. The number of hydrogen-bond acceptors (Lipinski definition) is 4. The molecule has 5 nitrogen and oxygen atoms in total. The fourth-order valence-electron chi connectivity index (χ4n) is 2.12. The highest BCUT2D eigenvalue weighted by molar-refractivity contribution is 5.92. The van der Waals surface area contributed by atoms with Crippen LogP contribution in [0.25, 0.3) is 0 Å². The van der Waals surface area contributed by atoms with Crippen LogP contribution in [0.2, 0.25) is 0 Å². The molecule has 2 rings (SSSR count). The summed E-state index contributed by atoms with van der Waals surface area (Å²) in [5.74, 6) is 0.470. The topological polar surface area (TPSA) is 83.0 Å². The van der Waals surface area contributed by atoms with Gasteiger partial charge in [-0.1, -0.05) is 0 Å². The Morgan fingerprint density at radius 3 is 2.72 bits per heavy atom. The van der Waals surface area contributed by atoms with Crippen LogP contribution in [-0.4, -0.2) is 35.4 Å². The molecular formula is C13H16N4O. The molecule has 1 aromatic rings. The monoisotopic (exact) mass is 244 g/mol. The summed E-state index contributed by atoms with van der Waals surface area (Å²) in [6, 6.07) is 5.21. The maximum absolute atomic E-state index is 12.1. The van der Waals surface area contributed by atoms with Gasteiger partial charge in [-0.05, 0) is 37.4 Å². The number of piperidine rings is 1. The lowest BCUT2D eigenvalue weighted by molar-refractivity contribution is 0.0687. The van der Waals surface area contributed by atoms with Gasteiger partial charge in [0.05, 0.1) is 5.56 Å². The molecule has 0 spiro atoms. The van der Waals surface area contributed by atoms with E-state index < -0.39 is 0 Å². The zero-order valence-electron chi connectivity index (χ0n) is 10.2. The van der Waals surface area contributed by atoms with E-state index in [2.05, 4.69) is 4.98 Å². The first-order chi connectivity index (χ1) is 8.74. The van der Waals surface area contributed by atoms with Gasteiger partial charge in [0, 0.05) is 19.3 Å². The first-order valence-electron chi connectivity index (χ1n) is 6.10. The van der Waals surface area contributed by atoms with Crippen LogP contribution in [-0.2, 0) is 0 Å². The molecule has 0 radical (unpaired) electrons. The smallest absolute Gasteiger partial charge is 0.272 e. The van der Waals surface area contributed by atoms with Crippen LogP contribution in [0, 0.1) is 17.2 Å². The number of aromatic nitrogens is 1. The van der Waals surface area contributed by atoms with Gasteiger partial charge in [0.2, 0.25) is 0 Å². The molecule has 0 aliphatic carbocycles. The SMILES string of the molecule is N#Cc1ccc(C(=O)N2CCC(CN)CC2)nc1. The number of hydrogen-bond donors (Lipinski definition) is 1. The van der Waals surface area contributed by atoms with Crippen LogP contribution in [0.5, 0.6) is 0 Å². The van der Waals surface area contributed by atoms with Gasteiger partial charge in [0.15, 0.2) is 0 Å². The number of likely N-dealkylation sites (tertiary alicyclic amines) is 1. The van der Waals surface area contributed by atoms with Crippen molar-refractivity contribution in [2.75, 3.05) is 19.6 Å². The summed E-state index contributed by atoms with van der Waals surface area (Å²) >= 11 is 0. The molecule has 0 bridgehead atoms. The number of nitrogens with zero attached hydrogens (tertiary/aromatic N) is 3. The average Bonchev–Trinajstić information content (AvgIpc) is 2.47. The Bertz CT molecular complexity index is 455. The Hall–Kier alpha value is -1.93. The lowest BCUT2D eigenvalue weighted by Gasteiger charge is -2.31. The standard InChI is InChI=1S/C13H16N4O/c14-7-10-3-5-17(6-4-10)13(18)12-2-1-11(8-15)9-16-12/h1-2,9-10H,3-7,14H2. The second kappa shape index (κ2) is 5.61. The third-order valence-corrected chi connectivity index (χ3v) is 3.35. The highest BCUT2D eigenvalue weighted by atomic mass is 16.2. The van der Waals surface area contributed by atoms with Gasteiger partial charge >= 0.3 is 0 Å². The molecule has 1 aromatic heterocycles. The Morgan fingerprint density at radius 2 is 2.22 bits per heavy atom. The first kappa shape index (κ1) is 12.5. The molecule has 1 fully saturated rings. The van der Waals surface area contributed by atoms with Gasteiger partial charge < -0.3 is 10.6 Å². The Balaban J connectivity index is 2.01. The van der Waals surface area contributed by atoms with Gasteiger partial charge in [0.1, 0.15) is 11.8 Å². The van der Waals surface area contributed by atoms with E-state index in [1.165, 1.54) is 6.20 Å². The maximum atomic E-state index is 12.1. The van der Waals surface area contributed by atoms with E-state index in [9.17, 15) is 4.79 Å². The van der Waals surface area contributed by atoms with E-state index in [0.29, 0.717) is 23.7 Å². The minimum atomic E-state index is -0.0602. The quantitative estimate of drug-likeness (QED) is 0.832. The van der Waals surface area contributed by atoms with Crippen LogP contribution in [0.4, 0.5) is 0 Å². The van der Waals surface area contributed by atoms with E-state index in [1.54, 1.807) is 17.0 Å². The molecule has 2 N–H and O–H groups in total. The van der Waals surface area contributed by atoms with Gasteiger partial charge in [-0.25, -0.2) is 4.98 Å². The molecule has 1 amide bonds. The first-order valence-corrected chi connectivity index (χ1v) is 6.10. The molecule has 0 atom stereocenters. The lowest BCUT2D eigenvalue weighted by Crippen LogP contribution is -2.40. The zero-order valence-corrected chi connectivity index (χ0v) is 10.2. The lowest BCUT2D eigenvalue weighted by atomic mass is 9.97. The third-order valence-electron chi connectivity index (χ3n) is 3.35. The second-order valence-corrected chi connectivity index (χ2v) is 4.52. The summed E-state index contributed by atoms with van der Waals surface area (Å²) < 4.78 is 0. The van der Waals surface area contributed by atoms with Crippen molar-refractivity contribution in [2.45, 2.75) is 12.8 Å². The van der Waals surface area contributed by atoms with E-state index in [-0.39, 0.29) is 5.91 Å². The van der Waals surface area contributed by atoms with Gasteiger partial charge in [0.25, 0.3) is 5.91 Å². The Labute approximate surface area is 106 Å². The van der Waals surface area contributed by atoms with Crippen molar-refractivity contribution < 1.29 is 4.79 Å². The Kier molecular flexibility index (Phi) is 3.90. The molecule has 0 aromatic carbocycles. The fraction of sp³-hybridized carbons (Fsp3) is 0.462. The molecule has 1 aliphatic rings. The minimum absolute atomic E-state index is 0.0602. The van der Waals surface area contributed by atoms with Crippen LogP contribution in [0.1, 0.15) is 28.9 Å². The van der Waals surface area contributed by atoms with Crippen molar-refractivity contribution in [3.05, 3.63) is 29.6 Å². The molecule has 5 heteroatoms. The summed E-state index contributed by atoms with van der Waals surface area (Å²) in [5, 5.41) is 8.67.